The molecule has 0 aromatic heterocycles. The van der Waals surface area contributed by atoms with Crippen LogP contribution in [-0.4, -0.2) is 16.7 Å². The van der Waals surface area contributed by atoms with Gasteiger partial charge < -0.3 is 0 Å². The van der Waals surface area contributed by atoms with Gasteiger partial charge >= 0.3 is 0 Å². The minimum atomic E-state index is -0.535. The quantitative estimate of drug-likeness (QED) is 0.629. The lowest BCUT2D eigenvalue weighted by molar-refractivity contribution is -0.384. The van der Waals surface area contributed by atoms with Gasteiger partial charge in [0.15, 0.2) is 11.8 Å². The summed E-state index contributed by atoms with van der Waals surface area (Å²) in [6.07, 6.45) is 0. The maximum atomic E-state index is 12.3. The number of benzene rings is 2. The van der Waals surface area contributed by atoms with Gasteiger partial charge in [0.2, 0.25) is 0 Å². The predicted octanol–water partition coefficient (Wildman–Crippen LogP) is 3.09. The van der Waals surface area contributed by atoms with Crippen LogP contribution in [0.25, 0.3) is 0 Å². The molecule has 2 aromatic carbocycles. The number of ketones is 1. The Labute approximate surface area is 125 Å². The second kappa shape index (κ2) is 4.45. The van der Waals surface area contributed by atoms with Crippen LogP contribution in [0.2, 0.25) is 0 Å². The van der Waals surface area contributed by atoms with E-state index in [0.717, 1.165) is 5.56 Å². The molecule has 0 fully saturated rings. The Morgan fingerprint density at radius 2 is 1.82 bits per heavy atom. The van der Waals surface area contributed by atoms with Crippen molar-refractivity contribution in [1.82, 2.24) is 0 Å². The third kappa shape index (κ3) is 1.65. The number of fused-ring (bicyclic) bond motifs is 3. The highest BCUT2D eigenvalue weighted by atomic mass is 16.6. The summed E-state index contributed by atoms with van der Waals surface area (Å²) in [5.74, 6) is -0.0336. The summed E-state index contributed by atoms with van der Waals surface area (Å²) in [7, 11) is 0. The smallest absolute Gasteiger partial charge is 0.269 e. The van der Waals surface area contributed by atoms with Crippen molar-refractivity contribution < 1.29 is 9.72 Å². The molecule has 108 valence electrons. The number of rotatable bonds is 2. The fraction of sp³-hybridized carbons (Fsp3) is 0.133. The molecule has 7 nitrogen and oxygen atoms in total. The lowest BCUT2D eigenvalue weighted by Gasteiger charge is -2.21. The fourth-order valence-electron chi connectivity index (χ4n) is 2.94. The van der Waals surface area contributed by atoms with E-state index in [4.69, 9.17) is 0 Å². The summed E-state index contributed by atoms with van der Waals surface area (Å²) in [5.41, 5.74) is 2.25. The van der Waals surface area contributed by atoms with Gasteiger partial charge in [-0.05, 0) is 17.7 Å². The summed E-state index contributed by atoms with van der Waals surface area (Å²) in [4.78, 5) is 22.6. The zero-order valence-corrected chi connectivity index (χ0v) is 11.3. The van der Waals surface area contributed by atoms with Crippen LogP contribution in [0.3, 0.4) is 0 Å². The first-order valence-electron chi connectivity index (χ1n) is 6.74. The Balaban J connectivity index is 1.74. The Bertz CT molecular complexity index is 816. The Morgan fingerprint density at radius 3 is 2.55 bits per heavy atom. The van der Waals surface area contributed by atoms with E-state index in [2.05, 4.69) is 10.3 Å². The molecule has 1 aliphatic heterocycles. The van der Waals surface area contributed by atoms with Crippen LogP contribution in [0.5, 0.6) is 0 Å². The number of hydrogen-bond acceptors (Lipinski definition) is 6. The van der Waals surface area contributed by atoms with Crippen molar-refractivity contribution in [1.29, 1.82) is 0 Å². The summed E-state index contributed by atoms with van der Waals surface area (Å²) in [6.45, 7) is 0. The van der Waals surface area contributed by atoms with Gasteiger partial charge in [-0.1, -0.05) is 29.5 Å². The van der Waals surface area contributed by atoms with Crippen LogP contribution in [0.15, 0.2) is 58.9 Å². The van der Waals surface area contributed by atoms with Crippen molar-refractivity contribution in [2.24, 2.45) is 10.3 Å². The van der Waals surface area contributed by atoms with Crippen LogP contribution in [0, 0.1) is 10.1 Å². The van der Waals surface area contributed by atoms with E-state index in [1.165, 1.54) is 12.1 Å². The molecular weight excluding hydrogens is 284 g/mol. The van der Waals surface area contributed by atoms with Crippen molar-refractivity contribution in [3.63, 3.8) is 0 Å². The molecule has 0 spiro atoms. The normalized spacial score (nSPS) is 21.8. The maximum absolute atomic E-state index is 12.3. The van der Waals surface area contributed by atoms with Crippen LogP contribution in [0.1, 0.15) is 22.0 Å². The Kier molecular flexibility index (Phi) is 2.56. The second-order valence-electron chi connectivity index (χ2n) is 5.16. The molecular formula is C15H10N4O3. The minimum Gasteiger partial charge on any atom is -0.292 e. The van der Waals surface area contributed by atoms with Gasteiger partial charge in [-0.2, -0.15) is 5.11 Å². The van der Waals surface area contributed by atoms with Gasteiger partial charge in [0.25, 0.3) is 5.69 Å². The zero-order valence-electron chi connectivity index (χ0n) is 11.3. The molecule has 0 N–H and O–H groups in total. The van der Waals surface area contributed by atoms with E-state index in [0.29, 0.717) is 11.3 Å². The third-order valence-corrected chi connectivity index (χ3v) is 3.97. The molecule has 1 heterocycles. The van der Waals surface area contributed by atoms with Gasteiger partial charge in [0, 0.05) is 17.7 Å². The number of hydrogen-bond donors (Lipinski definition) is 0. The van der Waals surface area contributed by atoms with E-state index in [1.807, 2.05) is 18.2 Å². The van der Waals surface area contributed by atoms with Gasteiger partial charge in [-0.15, -0.1) is 0 Å². The molecule has 0 radical (unpaired) electrons. The predicted molar refractivity (Wildman–Crippen MR) is 77.7 cm³/mol. The molecule has 0 bridgehead atoms. The first kappa shape index (κ1) is 12.6. The van der Waals surface area contributed by atoms with E-state index >= 15 is 0 Å². The summed E-state index contributed by atoms with van der Waals surface area (Å²) in [5, 5.41) is 20.5. The van der Waals surface area contributed by atoms with Crippen LogP contribution < -0.4 is 5.01 Å². The van der Waals surface area contributed by atoms with Gasteiger partial charge in [-0.3, -0.25) is 14.9 Å². The van der Waals surface area contributed by atoms with Crippen molar-refractivity contribution in [2.45, 2.75) is 12.1 Å². The molecule has 4 rings (SSSR count). The lowest BCUT2D eigenvalue weighted by atomic mass is 10.1. The number of non-ortho nitro benzene ring substituents is 1. The van der Waals surface area contributed by atoms with Gasteiger partial charge in [0.05, 0.1) is 10.6 Å². The Morgan fingerprint density at radius 1 is 1.09 bits per heavy atom. The molecule has 0 saturated heterocycles. The largest absolute Gasteiger partial charge is 0.292 e. The zero-order chi connectivity index (χ0) is 15.3. The number of carbonyl (C=O) groups excluding carboxylic acids is 1. The number of nitrogens with zero attached hydrogens (tertiary/aromatic N) is 4. The van der Waals surface area contributed by atoms with E-state index < -0.39 is 11.0 Å². The van der Waals surface area contributed by atoms with Crippen molar-refractivity contribution in [3.8, 4) is 0 Å². The van der Waals surface area contributed by atoms with Gasteiger partial charge in [0.1, 0.15) is 6.04 Å². The van der Waals surface area contributed by atoms with Crippen LogP contribution in [-0.2, 0) is 0 Å². The molecule has 2 atom stereocenters. The van der Waals surface area contributed by atoms with E-state index in [9.17, 15) is 14.9 Å². The molecule has 0 saturated carbocycles. The molecule has 22 heavy (non-hydrogen) atoms. The molecule has 2 aliphatic rings. The third-order valence-electron chi connectivity index (χ3n) is 3.97. The van der Waals surface area contributed by atoms with Gasteiger partial charge in [-0.25, -0.2) is 5.01 Å². The molecule has 2 aromatic rings. The standard InChI is InChI=1S/C15H10N4O3/c20-15-12-4-2-1-3-11(12)14-13(15)16-17-18(14)9-5-7-10(8-6-9)19(21)22/h1-8,13-14H. The lowest BCUT2D eigenvalue weighted by Crippen LogP contribution is -2.25. The molecule has 2 unspecified atom stereocenters. The first-order valence-corrected chi connectivity index (χ1v) is 6.74. The highest BCUT2D eigenvalue weighted by Gasteiger charge is 2.47. The average molecular weight is 294 g/mol. The molecule has 7 heteroatoms. The molecule has 1 aliphatic carbocycles. The fourth-order valence-corrected chi connectivity index (χ4v) is 2.94. The second-order valence-corrected chi connectivity index (χ2v) is 5.16. The minimum absolute atomic E-state index is 0.0133. The van der Waals surface area contributed by atoms with Crippen molar-refractivity contribution in [2.75, 3.05) is 5.01 Å². The van der Waals surface area contributed by atoms with Crippen molar-refractivity contribution in [3.05, 3.63) is 69.8 Å². The number of anilines is 1. The Hall–Kier alpha value is -3.09. The van der Waals surface area contributed by atoms with E-state index in [-0.39, 0.29) is 17.5 Å². The monoisotopic (exact) mass is 294 g/mol. The number of nitro groups is 1. The number of carbonyl (C=O) groups is 1. The van der Waals surface area contributed by atoms with Crippen molar-refractivity contribution >= 4 is 17.2 Å². The SMILES string of the molecule is O=C1c2ccccc2C2C1N=NN2c1ccc([N+](=O)[O-])cc1. The maximum Gasteiger partial charge on any atom is 0.269 e. The highest BCUT2D eigenvalue weighted by molar-refractivity contribution is 6.06. The number of Topliss-reactive ketones (excluding diaryl/α,β-unsaturated/α-hetero) is 1. The van der Waals surface area contributed by atoms with E-state index in [1.54, 1.807) is 23.2 Å². The summed E-state index contributed by atoms with van der Waals surface area (Å²) in [6, 6.07) is 12.6. The van der Waals surface area contributed by atoms with Crippen LogP contribution >= 0.6 is 0 Å². The van der Waals surface area contributed by atoms with Crippen LogP contribution in [0.4, 0.5) is 11.4 Å². The average Bonchev–Trinajstić information content (AvgIpc) is 3.09. The summed E-state index contributed by atoms with van der Waals surface area (Å²) >= 11 is 0. The first-order chi connectivity index (χ1) is 10.7. The highest BCUT2D eigenvalue weighted by Crippen LogP contribution is 2.44. The summed E-state index contributed by atoms with van der Waals surface area (Å²) < 4.78 is 0. The number of nitro benzene ring substituents is 1. The topological polar surface area (TPSA) is 88.2 Å². The molecule has 0 amide bonds.